The summed E-state index contributed by atoms with van der Waals surface area (Å²) < 4.78 is -1.13. The van der Waals surface area contributed by atoms with E-state index in [9.17, 15) is 0 Å². The lowest BCUT2D eigenvalue weighted by Gasteiger charge is -2.29. The van der Waals surface area contributed by atoms with Gasteiger partial charge in [-0.2, -0.15) is 0 Å². The molecule has 0 fully saturated rings. The molecule has 0 N–H and O–H groups in total. The summed E-state index contributed by atoms with van der Waals surface area (Å²) in [5.41, 5.74) is 0. The van der Waals surface area contributed by atoms with Crippen LogP contribution in [0, 0.1) is 5.92 Å². The second kappa shape index (κ2) is 15.8. The first-order chi connectivity index (χ1) is 10.9. The molecule has 0 radical (unpaired) electrons. The fraction of sp³-hybridized carbons (Fsp3) is 1.00. The van der Waals surface area contributed by atoms with E-state index in [1.54, 1.807) is 0 Å². The van der Waals surface area contributed by atoms with Crippen molar-refractivity contribution in [2.75, 3.05) is 6.26 Å². The van der Waals surface area contributed by atoms with Crippen molar-refractivity contribution in [3.8, 4) is 0 Å². The number of unbranched alkanes of at least 4 members (excludes halogenated alkanes) is 7. The van der Waals surface area contributed by atoms with E-state index >= 15 is 0 Å². The Hall–Kier alpha value is 1.57. The summed E-state index contributed by atoms with van der Waals surface area (Å²) in [7, 11) is 3.72. The van der Waals surface area contributed by atoms with Crippen molar-refractivity contribution in [2.24, 2.45) is 5.92 Å². The molecule has 140 valence electrons. The van der Waals surface area contributed by atoms with E-state index < -0.39 is 3.79 Å². The van der Waals surface area contributed by atoms with Crippen molar-refractivity contribution in [2.45, 2.75) is 99.9 Å². The van der Waals surface area contributed by atoms with Gasteiger partial charge < -0.3 is 0 Å². The Bertz CT molecular complexity index is 257. The normalized spacial score (nSPS) is 14.9. The number of alkyl halides is 3. The molecule has 0 saturated carbocycles. The Morgan fingerprint density at radius 3 is 1.70 bits per heavy atom. The van der Waals surface area contributed by atoms with Crippen molar-refractivity contribution in [3.05, 3.63) is 0 Å². The van der Waals surface area contributed by atoms with Gasteiger partial charge >= 0.3 is 0 Å². The van der Waals surface area contributed by atoms with Gasteiger partial charge in [-0.3, -0.25) is 0 Å². The highest BCUT2D eigenvalue weighted by molar-refractivity contribution is 8.76. The van der Waals surface area contributed by atoms with Crippen molar-refractivity contribution in [3.63, 3.8) is 0 Å². The molecule has 0 aliphatic carbocycles. The molecule has 2 unspecified atom stereocenters. The maximum Gasteiger partial charge on any atom is 0.191 e. The van der Waals surface area contributed by atoms with E-state index in [4.69, 9.17) is 34.8 Å². The Labute approximate surface area is 167 Å². The van der Waals surface area contributed by atoms with Gasteiger partial charge in [0.25, 0.3) is 0 Å². The van der Waals surface area contributed by atoms with Gasteiger partial charge in [0.2, 0.25) is 0 Å². The van der Waals surface area contributed by atoms with E-state index in [1.165, 1.54) is 70.6 Å². The third-order valence-corrected chi connectivity index (χ3v) is 7.06. The molecule has 0 rings (SSSR count). The molecular formula is C18H35Cl3S2. The topological polar surface area (TPSA) is 0 Å². The van der Waals surface area contributed by atoms with Crippen LogP contribution in [0.5, 0.6) is 0 Å². The van der Waals surface area contributed by atoms with E-state index in [-0.39, 0.29) is 0 Å². The van der Waals surface area contributed by atoms with Crippen molar-refractivity contribution < 1.29 is 0 Å². The molecule has 0 aromatic heterocycles. The molecule has 0 nitrogen and oxygen atoms in total. The van der Waals surface area contributed by atoms with Crippen LogP contribution >= 0.6 is 56.4 Å². The van der Waals surface area contributed by atoms with Crippen LogP contribution in [0.15, 0.2) is 0 Å². The van der Waals surface area contributed by atoms with E-state index in [1.807, 2.05) is 21.6 Å². The molecule has 0 aliphatic rings. The molecule has 0 saturated heterocycles. The van der Waals surface area contributed by atoms with Gasteiger partial charge in [0, 0.05) is 11.7 Å². The minimum atomic E-state index is -1.13. The Balaban J connectivity index is 4.48. The van der Waals surface area contributed by atoms with Crippen LogP contribution in [0.3, 0.4) is 0 Å². The molecule has 2 atom stereocenters. The molecule has 0 aliphatic heterocycles. The largest absolute Gasteiger partial charge is 0.191 e. The SMILES string of the molecule is CCCCCCCC(CCCCCC)C(CC(Cl)(Cl)Cl)SSC. The highest BCUT2D eigenvalue weighted by Gasteiger charge is 2.30. The molecule has 0 amide bonds. The fourth-order valence-corrected chi connectivity index (χ4v) is 6.18. The quantitative estimate of drug-likeness (QED) is 0.147. The molecule has 0 aromatic rings. The first-order valence-electron chi connectivity index (χ1n) is 9.20. The summed E-state index contributed by atoms with van der Waals surface area (Å²) in [6.07, 6.45) is 17.4. The van der Waals surface area contributed by atoms with Crippen LogP contribution in [0.25, 0.3) is 0 Å². The summed E-state index contributed by atoms with van der Waals surface area (Å²) >= 11 is 18.3. The summed E-state index contributed by atoms with van der Waals surface area (Å²) in [5.74, 6) is 0.682. The van der Waals surface area contributed by atoms with Gasteiger partial charge in [-0.15, -0.1) is 0 Å². The standard InChI is InChI=1S/C18H35Cl3S2/c1-4-6-8-10-12-14-16(13-11-9-7-5-2)17(23-22-3)15-18(19,20)21/h16-17H,4-15H2,1-3H3. The van der Waals surface area contributed by atoms with Gasteiger partial charge in [0.15, 0.2) is 3.79 Å². The maximum atomic E-state index is 6.10. The average molecular weight is 422 g/mol. The zero-order valence-electron chi connectivity index (χ0n) is 15.1. The summed E-state index contributed by atoms with van der Waals surface area (Å²) in [6.45, 7) is 4.53. The average Bonchev–Trinajstić information content (AvgIpc) is 2.47. The predicted octanol–water partition coefficient (Wildman–Crippen LogP) is 9.07. The zero-order chi connectivity index (χ0) is 17.6. The first-order valence-corrected chi connectivity index (χ1v) is 13.0. The molecular weight excluding hydrogens is 387 g/mol. The van der Waals surface area contributed by atoms with E-state index in [0.29, 0.717) is 17.6 Å². The highest BCUT2D eigenvalue weighted by Crippen LogP contribution is 2.43. The third-order valence-electron chi connectivity index (χ3n) is 4.29. The second-order valence-electron chi connectivity index (χ2n) is 6.43. The van der Waals surface area contributed by atoms with Crippen LogP contribution < -0.4 is 0 Å². The lowest BCUT2D eigenvalue weighted by atomic mass is 9.90. The lowest BCUT2D eigenvalue weighted by Crippen LogP contribution is -2.23. The fourth-order valence-electron chi connectivity index (χ4n) is 2.99. The Morgan fingerprint density at radius 1 is 0.783 bits per heavy atom. The predicted molar refractivity (Wildman–Crippen MR) is 115 cm³/mol. The highest BCUT2D eigenvalue weighted by atomic mass is 35.6. The molecule has 0 heterocycles. The second-order valence-corrected chi connectivity index (χ2v) is 11.7. The van der Waals surface area contributed by atoms with E-state index in [0.717, 1.165) is 0 Å². The Morgan fingerprint density at radius 2 is 1.26 bits per heavy atom. The number of rotatable bonds is 15. The van der Waals surface area contributed by atoms with Crippen molar-refractivity contribution >= 4 is 56.4 Å². The van der Waals surface area contributed by atoms with Gasteiger partial charge in [0.1, 0.15) is 0 Å². The summed E-state index contributed by atoms with van der Waals surface area (Å²) in [4.78, 5) is 0. The maximum absolute atomic E-state index is 6.10. The van der Waals surface area contributed by atoms with Crippen LogP contribution in [-0.4, -0.2) is 15.3 Å². The Kier molecular flexibility index (Phi) is 16.9. The molecule has 0 spiro atoms. The van der Waals surface area contributed by atoms with Crippen LogP contribution in [0.2, 0.25) is 0 Å². The minimum Gasteiger partial charge on any atom is -0.0973 e. The third kappa shape index (κ3) is 15.5. The monoisotopic (exact) mass is 420 g/mol. The van der Waals surface area contributed by atoms with Crippen molar-refractivity contribution in [1.29, 1.82) is 0 Å². The summed E-state index contributed by atoms with van der Waals surface area (Å²) in [6, 6.07) is 0. The van der Waals surface area contributed by atoms with Crippen LogP contribution in [0.1, 0.15) is 90.9 Å². The molecule has 5 heteroatoms. The first kappa shape index (κ1) is 24.6. The van der Waals surface area contributed by atoms with Gasteiger partial charge in [0.05, 0.1) is 0 Å². The summed E-state index contributed by atoms with van der Waals surface area (Å²) in [5, 5.41) is 0.449. The van der Waals surface area contributed by atoms with Crippen LogP contribution in [0.4, 0.5) is 0 Å². The number of halogens is 3. The molecule has 23 heavy (non-hydrogen) atoms. The van der Waals surface area contributed by atoms with Crippen LogP contribution in [-0.2, 0) is 0 Å². The minimum absolute atomic E-state index is 0.449. The van der Waals surface area contributed by atoms with Gasteiger partial charge in [-0.05, 0) is 25.0 Å². The number of hydrogen-bond acceptors (Lipinski definition) is 2. The zero-order valence-corrected chi connectivity index (χ0v) is 19.0. The van der Waals surface area contributed by atoms with Gasteiger partial charge in [-0.25, -0.2) is 0 Å². The lowest BCUT2D eigenvalue weighted by molar-refractivity contribution is 0.385. The molecule has 0 aromatic carbocycles. The van der Waals surface area contributed by atoms with E-state index in [2.05, 4.69) is 20.1 Å². The van der Waals surface area contributed by atoms with Crippen molar-refractivity contribution in [1.82, 2.24) is 0 Å². The van der Waals surface area contributed by atoms with Gasteiger partial charge in [-0.1, -0.05) is 128 Å². The molecule has 0 bridgehead atoms. The smallest absolute Gasteiger partial charge is 0.0973 e. The number of hydrogen-bond donors (Lipinski definition) is 0.